The molecule has 3 aromatic rings. The zero-order valence-electron chi connectivity index (χ0n) is 14.3. The van der Waals surface area contributed by atoms with Crippen LogP contribution >= 0.6 is 0 Å². The van der Waals surface area contributed by atoms with Crippen LogP contribution in [0.2, 0.25) is 0 Å². The molecule has 2 aromatic carbocycles. The Kier molecular flexibility index (Phi) is 5.46. The molecule has 0 aliphatic carbocycles. The fourth-order valence-electron chi connectivity index (χ4n) is 2.98. The predicted molar refractivity (Wildman–Crippen MR) is 98.2 cm³/mol. The molecule has 3 rings (SSSR count). The lowest BCUT2D eigenvalue weighted by atomic mass is 10.0. The van der Waals surface area contributed by atoms with Gasteiger partial charge < -0.3 is 15.4 Å². The number of aliphatic hydroxyl groups is 1. The summed E-state index contributed by atoms with van der Waals surface area (Å²) in [6.45, 7) is 2.06. The van der Waals surface area contributed by atoms with Crippen molar-refractivity contribution in [2.45, 2.75) is 32.2 Å². The lowest BCUT2D eigenvalue weighted by molar-refractivity contribution is -0.121. The van der Waals surface area contributed by atoms with E-state index >= 15 is 0 Å². The number of aromatic amines is 1. The minimum atomic E-state index is -0.170. The Labute approximate surface area is 147 Å². The number of aromatic nitrogens is 2. The number of hydrogen-bond donors (Lipinski definition) is 3. The topological polar surface area (TPSA) is 78.0 Å². The summed E-state index contributed by atoms with van der Waals surface area (Å²) in [6.07, 6.45) is 1.41. The number of rotatable bonds is 7. The minimum Gasteiger partial charge on any atom is -0.396 e. The number of carbonyl (C=O) groups excluding carboxylic acids is 1. The van der Waals surface area contributed by atoms with Gasteiger partial charge in [0, 0.05) is 19.4 Å². The van der Waals surface area contributed by atoms with Gasteiger partial charge in [-0.05, 0) is 30.5 Å². The molecular formula is C20H23N3O2. The van der Waals surface area contributed by atoms with Crippen LogP contribution in [0.5, 0.6) is 0 Å². The van der Waals surface area contributed by atoms with Crippen LogP contribution in [-0.2, 0) is 11.2 Å². The van der Waals surface area contributed by atoms with E-state index in [1.807, 2.05) is 55.5 Å². The van der Waals surface area contributed by atoms with Crippen LogP contribution in [0.3, 0.4) is 0 Å². The summed E-state index contributed by atoms with van der Waals surface area (Å²) in [5, 5.41) is 12.3. The van der Waals surface area contributed by atoms with Crippen molar-refractivity contribution in [2.75, 3.05) is 6.61 Å². The molecule has 25 heavy (non-hydrogen) atoms. The maximum atomic E-state index is 12.3. The van der Waals surface area contributed by atoms with E-state index in [1.54, 1.807) is 0 Å². The number of benzene rings is 2. The van der Waals surface area contributed by atoms with Crippen molar-refractivity contribution in [1.82, 2.24) is 15.3 Å². The average Bonchev–Trinajstić information content (AvgIpc) is 3.05. The third-order valence-corrected chi connectivity index (χ3v) is 4.31. The van der Waals surface area contributed by atoms with E-state index in [1.165, 1.54) is 0 Å². The molecule has 0 bridgehead atoms. The quantitative estimate of drug-likeness (QED) is 0.620. The SMILES string of the molecule is Cc1cccc2[nH]c(CCC(=O)NC(CCO)c3ccccc3)nc12. The number of aryl methyl sites for hydroxylation is 2. The molecular weight excluding hydrogens is 314 g/mol. The number of nitrogens with zero attached hydrogens (tertiary/aromatic N) is 1. The Morgan fingerprint density at radius 1 is 1.20 bits per heavy atom. The van der Waals surface area contributed by atoms with Gasteiger partial charge in [0.25, 0.3) is 0 Å². The third-order valence-electron chi connectivity index (χ3n) is 4.31. The van der Waals surface area contributed by atoms with Crippen molar-refractivity contribution < 1.29 is 9.90 Å². The normalized spacial score (nSPS) is 12.2. The van der Waals surface area contributed by atoms with Gasteiger partial charge in [0.2, 0.25) is 5.91 Å². The molecule has 3 N–H and O–H groups in total. The smallest absolute Gasteiger partial charge is 0.220 e. The molecule has 1 heterocycles. The Hall–Kier alpha value is -2.66. The Morgan fingerprint density at radius 3 is 2.72 bits per heavy atom. The number of hydrogen-bond acceptors (Lipinski definition) is 3. The monoisotopic (exact) mass is 337 g/mol. The number of imidazole rings is 1. The first-order chi connectivity index (χ1) is 12.2. The molecule has 1 unspecified atom stereocenters. The van der Waals surface area contributed by atoms with E-state index in [-0.39, 0.29) is 18.6 Å². The molecule has 0 radical (unpaired) electrons. The Balaban J connectivity index is 1.62. The molecule has 0 fully saturated rings. The highest BCUT2D eigenvalue weighted by atomic mass is 16.3. The van der Waals surface area contributed by atoms with Gasteiger partial charge in [0.1, 0.15) is 5.82 Å². The number of fused-ring (bicyclic) bond motifs is 1. The standard InChI is InChI=1S/C20H23N3O2/c1-14-6-5-9-17-20(14)23-18(21-17)10-11-19(25)22-16(12-13-24)15-7-3-2-4-8-15/h2-9,16,24H,10-13H2,1H3,(H,21,23)(H,22,25). The van der Waals surface area contributed by atoms with E-state index in [2.05, 4.69) is 15.3 Å². The maximum absolute atomic E-state index is 12.3. The first-order valence-corrected chi connectivity index (χ1v) is 8.56. The number of para-hydroxylation sites is 1. The molecule has 1 aromatic heterocycles. The molecule has 0 spiro atoms. The second-order valence-electron chi connectivity index (χ2n) is 6.20. The number of aliphatic hydroxyl groups excluding tert-OH is 1. The number of carbonyl (C=O) groups is 1. The predicted octanol–water partition coefficient (Wildman–Crippen LogP) is 3.04. The van der Waals surface area contributed by atoms with Crippen molar-refractivity contribution in [3.8, 4) is 0 Å². The summed E-state index contributed by atoms with van der Waals surface area (Å²) in [7, 11) is 0. The average molecular weight is 337 g/mol. The van der Waals surface area contributed by atoms with Gasteiger partial charge in [-0.2, -0.15) is 0 Å². The fourth-order valence-corrected chi connectivity index (χ4v) is 2.98. The molecule has 1 amide bonds. The number of amides is 1. The molecule has 0 saturated carbocycles. The van der Waals surface area contributed by atoms with Crippen molar-refractivity contribution in [2.24, 2.45) is 0 Å². The van der Waals surface area contributed by atoms with Gasteiger partial charge in [-0.1, -0.05) is 42.5 Å². The van der Waals surface area contributed by atoms with Gasteiger partial charge in [-0.3, -0.25) is 4.79 Å². The van der Waals surface area contributed by atoms with E-state index in [0.717, 1.165) is 28.0 Å². The van der Waals surface area contributed by atoms with Gasteiger partial charge >= 0.3 is 0 Å². The van der Waals surface area contributed by atoms with Crippen molar-refractivity contribution in [3.05, 3.63) is 65.5 Å². The number of nitrogens with one attached hydrogen (secondary N) is 2. The third kappa shape index (κ3) is 4.25. The Morgan fingerprint density at radius 2 is 2.00 bits per heavy atom. The second kappa shape index (κ2) is 7.94. The van der Waals surface area contributed by atoms with Crippen molar-refractivity contribution >= 4 is 16.9 Å². The largest absolute Gasteiger partial charge is 0.396 e. The highest BCUT2D eigenvalue weighted by Crippen LogP contribution is 2.18. The number of H-pyrrole nitrogens is 1. The molecule has 5 nitrogen and oxygen atoms in total. The van der Waals surface area contributed by atoms with Crippen molar-refractivity contribution in [1.29, 1.82) is 0 Å². The molecule has 0 saturated heterocycles. The van der Waals surface area contributed by atoms with Crippen molar-refractivity contribution in [3.63, 3.8) is 0 Å². The van der Waals surface area contributed by atoms with Crippen LogP contribution in [-0.4, -0.2) is 27.6 Å². The summed E-state index contributed by atoms with van der Waals surface area (Å²) in [4.78, 5) is 20.2. The molecule has 0 aliphatic heterocycles. The highest BCUT2D eigenvalue weighted by molar-refractivity contribution is 5.79. The van der Waals surface area contributed by atoms with Crippen LogP contribution < -0.4 is 5.32 Å². The summed E-state index contributed by atoms with van der Waals surface area (Å²) in [5.74, 6) is 0.775. The summed E-state index contributed by atoms with van der Waals surface area (Å²) < 4.78 is 0. The highest BCUT2D eigenvalue weighted by Gasteiger charge is 2.14. The van der Waals surface area contributed by atoms with Crippen LogP contribution in [0.25, 0.3) is 11.0 Å². The molecule has 0 aliphatic rings. The first kappa shape index (κ1) is 17.2. The van der Waals surface area contributed by atoms with Gasteiger partial charge in [0.15, 0.2) is 0 Å². The summed E-state index contributed by atoms with van der Waals surface area (Å²) in [5.41, 5.74) is 4.08. The van der Waals surface area contributed by atoms with Crippen LogP contribution in [0.4, 0.5) is 0 Å². The first-order valence-electron chi connectivity index (χ1n) is 8.56. The van der Waals surface area contributed by atoms with E-state index in [0.29, 0.717) is 19.3 Å². The summed E-state index contributed by atoms with van der Waals surface area (Å²) >= 11 is 0. The molecule has 5 heteroatoms. The maximum Gasteiger partial charge on any atom is 0.220 e. The van der Waals surface area contributed by atoms with Gasteiger partial charge in [-0.25, -0.2) is 4.98 Å². The van der Waals surface area contributed by atoms with Crippen LogP contribution in [0, 0.1) is 6.92 Å². The fraction of sp³-hybridized carbons (Fsp3) is 0.300. The zero-order chi connectivity index (χ0) is 17.6. The van der Waals surface area contributed by atoms with E-state index < -0.39 is 0 Å². The lowest BCUT2D eigenvalue weighted by Gasteiger charge is -2.18. The van der Waals surface area contributed by atoms with Crippen LogP contribution in [0.15, 0.2) is 48.5 Å². The Bertz CT molecular complexity index is 843. The zero-order valence-corrected chi connectivity index (χ0v) is 14.3. The minimum absolute atomic E-state index is 0.0304. The van der Waals surface area contributed by atoms with Crippen LogP contribution in [0.1, 0.15) is 35.8 Å². The van der Waals surface area contributed by atoms with E-state index in [4.69, 9.17) is 0 Å². The second-order valence-corrected chi connectivity index (χ2v) is 6.20. The van der Waals surface area contributed by atoms with Gasteiger partial charge in [-0.15, -0.1) is 0 Å². The molecule has 1 atom stereocenters. The van der Waals surface area contributed by atoms with Gasteiger partial charge in [0.05, 0.1) is 17.1 Å². The van der Waals surface area contributed by atoms with E-state index in [9.17, 15) is 9.90 Å². The molecule has 130 valence electrons. The lowest BCUT2D eigenvalue weighted by Crippen LogP contribution is -2.29. The summed E-state index contributed by atoms with van der Waals surface area (Å²) in [6, 6.07) is 15.6.